The molecule has 0 fully saturated rings. The van der Waals surface area contributed by atoms with Crippen molar-refractivity contribution in [3.8, 4) is 0 Å². The second-order valence-corrected chi connectivity index (χ2v) is 6.47. The summed E-state index contributed by atoms with van der Waals surface area (Å²) in [6.07, 6.45) is 0. The summed E-state index contributed by atoms with van der Waals surface area (Å²) in [6, 6.07) is 9.06. The maximum absolute atomic E-state index is 11.4. The van der Waals surface area contributed by atoms with E-state index in [1.165, 1.54) is 17.8 Å². The normalized spacial score (nSPS) is 13.9. The van der Waals surface area contributed by atoms with Crippen LogP contribution in [0.3, 0.4) is 0 Å². The lowest BCUT2D eigenvalue weighted by Crippen LogP contribution is -2.23. The quantitative estimate of drug-likeness (QED) is 0.578. The Morgan fingerprint density at radius 1 is 1.35 bits per heavy atom. The van der Waals surface area contributed by atoms with Crippen molar-refractivity contribution in [3.05, 3.63) is 50.7 Å². The minimum absolute atomic E-state index is 0.0203. The largest absolute Gasteiger partial charge is 0.383 e. The number of rotatable bonds is 4. The van der Waals surface area contributed by atoms with E-state index in [1.54, 1.807) is 0 Å². The van der Waals surface area contributed by atoms with Crippen LogP contribution in [0, 0.1) is 0 Å². The summed E-state index contributed by atoms with van der Waals surface area (Å²) in [5.74, 6) is 0.204. The summed E-state index contributed by atoms with van der Waals surface area (Å²) in [5.41, 5.74) is 12.4. The molecule has 106 valence electrons. The van der Waals surface area contributed by atoms with Crippen LogP contribution in [0.4, 0.5) is 5.82 Å². The van der Waals surface area contributed by atoms with Gasteiger partial charge in [0.2, 0.25) is 0 Å². The van der Waals surface area contributed by atoms with Crippen LogP contribution >= 0.6 is 27.7 Å². The van der Waals surface area contributed by atoms with E-state index in [1.807, 2.05) is 31.2 Å². The number of aromatic amines is 1. The molecule has 0 bridgehead atoms. The predicted molar refractivity (Wildman–Crippen MR) is 85.7 cm³/mol. The maximum atomic E-state index is 11.4. The van der Waals surface area contributed by atoms with E-state index in [0.29, 0.717) is 5.16 Å². The van der Waals surface area contributed by atoms with Crippen LogP contribution in [0.2, 0.25) is 0 Å². The van der Waals surface area contributed by atoms with Crippen molar-refractivity contribution in [1.29, 1.82) is 0 Å². The summed E-state index contributed by atoms with van der Waals surface area (Å²) in [6.45, 7) is 1.92. The second kappa shape index (κ2) is 6.43. The standard InChI is InChI=1S/C13H15BrN4OS/c1-7(15)12(8-2-4-9(14)5-3-8)20-13-17-10(16)6-11(19)18-13/h2-7,12H,15H2,1H3,(H3,16,17,18,19). The monoisotopic (exact) mass is 354 g/mol. The van der Waals surface area contributed by atoms with Crippen LogP contribution in [0.5, 0.6) is 0 Å². The molecule has 0 aliphatic rings. The fourth-order valence-corrected chi connectivity index (χ4v) is 3.09. The Hall–Kier alpha value is -1.31. The zero-order valence-corrected chi connectivity index (χ0v) is 13.2. The van der Waals surface area contributed by atoms with Gasteiger partial charge in [0.05, 0.1) is 5.25 Å². The van der Waals surface area contributed by atoms with Crippen molar-refractivity contribution in [2.24, 2.45) is 5.73 Å². The lowest BCUT2D eigenvalue weighted by Gasteiger charge is -2.20. The summed E-state index contributed by atoms with van der Waals surface area (Å²) in [4.78, 5) is 18.2. The molecule has 0 spiro atoms. The average Bonchev–Trinajstić information content (AvgIpc) is 2.36. The number of nitrogens with one attached hydrogen (secondary N) is 1. The zero-order valence-electron chi connectivity index (χ0n) is 10.8. The molecule has 2 unspecified atom stereocenters. The van der Waals surface area contributed by atoms with Crippen LogP contribution in [0.1, 0.15) is 17.7 Å². The van der Waals surface area contributed by atoms with Crippen molar-refractivity contribution >= 4 is 33.5 Å². The molecule has 0 radical (unpaired) electrons. The number of H-pyrrole nitrogens is 1. The maximum Gasteiger partial charge on any atom is 0.253 e. The zero-order chi connectivity index (χ0) is 14.7. The van der Waals surface area contributed by atoms with Crippen LogP contribution in [0.15, 0.2) is 44.8 Å². The molecule has 5 N–H and O–H groups in total. The number of nitrogens with two attached hydrogens (primary N) is 2. The number of nitrogens with zero attached hydrogens (tertiary/aromatic N) is 1. The third-order valence-electron chi connectivity index (χ3n) is 2.65. The summed E-state index contributed by atoms with van der Waals surface area (Å²) < 4.78 is 1.00. The highest BCUT2D eigenvalue weighted by atomic mass is 79.9. The van der Waals surface area contributed by atoms with Crippen LogP contribution in [0.25, 0.3) is 0 Å². The van der Waals surface area contributed by atoms with Crippen molar-refractivity contribution in [3.63, 3.8) is 0 Å². The number of nitrogen functional groups attached to an aromatic ring is 1. The molecule has 1 aromatic carbocycles. The Morgan fingerprint density at radius 2 is 2.00 bits per heavy atom. The summed E-state index contributed by atoms with van der Waals surface area (Å²) >= 11 is 4.80. The van der Waals surface area contributed by atoms with Gasteiger partial charge in [-0.25, -0.2) is 4.98 Å². The number of aromatic nitrogens is 2. The Morgan fingerprint density at radius 3 is 2.55 bits per heavy atom. The Bertz CT molecular complexity index is 642. The number of thioether (sulfide) groups is 1. The molecule has 20 heavy (non-hydrogen) atoms. The summed E-state index contributed by atoms with van der Waals surface area (Å²) in [7, 11) is 0. The predicted octanol–water partition coefficient (Wildman–Crippen LogP) is 2.30. The molecule has 0 aliphatic heterocycles. The van der Waals surface area contributed by atoms with Gasteiger partial charge in [-0.2, -0.15) is 0 Å². The number of anilines is 1. The topological polar surface area (TPSA) is 97.8 Å². The van der Waals surface area contributed by atoms with E-state index in [2.05, 4.69) is 25.9 Å². The first kappa shape index (κ1) is 15.1. The minimum Gasteiger partial charge on any atom is -0.383 e. The molecule has 2 rings (SSSR count). The van der Waals surface area contributed by atoms with Gasteiger partial charge in [0, 0.05) is 16.6 Å². The number of hydrogen-bond acceptors (Lipinski definition) is 5. The molecule has 2 atom stereocenters. The molecule has 0 saturated heterocycles. The third kappa shape index (κ3) is 3.84. The van der Waals surface area contributed by atoms with Gasteiger partial charge in [-0.05, 0) is 24.6 Å². The van der Waals surface area contributed by atoms with Crippen molar-refractivity contribution in [2.75, 3.05) is 5.73 Å². The van der Waals surface area contributed by atoms with E-state index >= 15 is 0 Å². The first-order valence-corrected chi connectivity index (χ1v) is 7.67. The first-order valence-electron chi connectivity index (χ1n) is 6.00. The van der Waals surface area contributed by atoms with Gasteiger partial charge < -0.3 is 16.5 Å². The molecule has 5 nitrogen and oxygen atoms in total. The van der Waals surface area contributed by atoms with E-state index in [4.69, 9.17) is 11.5 Å². The van der Waals surface area contributed by atoms with Gasteiger partial charge in [0.25, 0.3) is 5.56 Å². The van der Waals surface area contributed by atoms with Crippen LogP contribution < -0.4 is 17.0 Å². The van der Waals surface area contributed by atoms with E-state index < -0.39 is 0 Å². The Labute approximate surface area is 129 Å². The molecule has 1 aromatic heterocycles. The van der Waals surface area contributed by atoms with Gasteiger partial charge in [-0.1, -0.05) is 39.8 Å². The summed E-state index contributed by atoms with van der Waals surface area (Å²) in [5, 5.41) is 0.452. The highest BCUT2D eigenvalue weighted by Crippen LogP contribution is 2.35. The van der Waals surface area contributed by atoms with Gasteiger partial charge in [0.1, 0.15) is 5.82 Å². The molecule has 0 aliphatic carbocycles. The molecule has 0 saturated carbocycles. The lowest BCUT2D eigenvalue weighted by molar-refractivity contribution is 0.717. The molecule has 2 aromatic rings. The third-order valence-corrected chi connectivity index (χ3v) is 4.56. The van der Waals surface area contributed by atoms with Gasteiger partial charge in [0.15, 0.2) is 5.16 Å². The number of halogens is 1. The molecule has 7 heteroatoms. The van der Waals surface area contributed by atoms with Gasteiger partial charge >= 0.3 is 0 Å². The van der Waals surface area contributed by atoms with E-state index in [-0.39, 0.29) is 22.7 Å². The van der Waals surface area contributed by atoms with Crippen LogP contribution in [-0.4, -0.2) is 16.0 Å². The van der Waals surface area contributed by atoms with Crippen molar-refractivity contribution < 1.29 is 0 Å². The van der Waals surface area contributed by atoms with Crippen molar-refractivity contribution in [2.45, 2.75) is 23.4 Å². The molecular weight excluding hydrogens is 340 g/mol. The van der Waals surface area contributed by atoms with Gasteiger partial charge in [-0.15, -0.1) is 0 Å². The second-order valence-electron chi connectivity index (χ2n) is 4.42. The van der Waals surface area contributed by atoms with E-state index in [9.17, 15) is 4.79 Å². The van der Waals surface area contributed by atoms with Crippen LogP contribution in [-0.2, 0) is 0 Å². The molecule has 1 heterocycles. The van der Waals surface area contributed by atoms with Gasteiger partial charge in [-0.3, -0.25) is 4.79 Å². The number of hydrogen-bond donors (Lipinski definition) is 3. The fraction of sp³-hybridized carbons (Fsp3) is 0.231. The molecule has 0 amide bonds. The Kier molecular flexibility index (Phi) is 4.85. The SMILES string of the molecule is CC(N)C(Sc1nc(N)cc(=O)[nH]1)c1ccc(Br)cc1. The highest BCUT2D eigenvalue weighted by molar-refractivity contribution is 9.10. The first-order chi connectivity index (χ1) is 9.45. The van der Waals surface area contributed by atoms with Crippen molar-refractivity contribution in [1.82, 2.24) is 9.97 Å². The average molecular weight is 355 g/mol. The molecular formula is C13H15BrN4OS. The Balaban J connectivity index is 2.30. The van der Waals surface area contributed by atoms with E-state index in [0.717, 1.165) is 10.0 Å². The number of benzene rings is 1. The smallest absolute Gasteiger partial charge is 0.253 e. The highest BCUT2D eigenvalue weighted by Gasteiger charge is 2.19. The fourth-order valence-electron chi connectivity index (χ4n) is 1.76. The lowest BCUT2D eigenvalue weighted by atomic mass is 10.1. The minimum atomic E-state index is -0.265.